The van der Waals surface area contributed by atoms with Gasteiger partial charge in [-0.2, -0.15) is 0 Å². The van der Waals surface area contributed by atoms with Crippen LogP contribution in [0.15, 0.2) is 66.9 Å². The predicted molar refractivity (Wildman–Crippen MR) is 97.2 cm³/mol. The first-order chi connectivity index (χ1) is 12.8. The van der Waals surface area contributed by atoms with E-state index >= 15 is 0 Å². The minimum atomic E-state index is -0.00933. The van der Waals surface area contributed by atoms with Gasteiger partial charge in [-0.15, -0.1) is 10.2 Å². The minimum absolute atomic E-state index is 0.00933. The number of aromatic nitrogens is 5. The van der Waals surface area contributed by atoms with Crippen molar-refractivity contribution in [1.29, 1.82) is 0 Å². The van der Waals surface area contributed by atoms with Crippen LogP contribution in [0, 0.1) is 0 Å². The van der Waals surface area contributed by atoms with E-state index in [4.69, 9.17) is 4.74 Å². The molecule has 4 aromatic rings. The van der Waals surface area contributed by atoms with Crippen LogP contribution in [-0.4, -0.2) is 24.8 Å². The molecule has 1 unspecified atom stereocenters. The average molecular weight is 343 g/mol. The van der Waals surface area contributed by atoms with E-state index in [1.54, 1.807) is 0 Å². The van der Waals surface area contributed by atoms with E-state index in [1.807, 2.05) is 76.2 Å². The highest BCUT2D eigenvalue weighted by Crippen LogP contribution is 2.34. The molecule has 1 aliphatic heterocycles. The van der Waals surface area contributed by atoms with Crippen LogP contribution in [0.2, 0.25) is 0 Å². The van der Waals surface area contributed by atoms with Crippen molar-refractivity contribution in [2.24, 2.45) is 0 Å². The summed E-state index contributed by atoms with van der Waals surface area (Å²) in [6.45, 7) is 2.48. The Hall–Kier alpha value is -3.41. The molecule has 0 radical (unpaired) electrons. The summed E-state index contributed by atoms with van der Waals surface area (Å²) >= 11 is 0. The molecule has 6 heteroatoms. The lowest BCUT2D eigenvalue weighted by Crippen LogP contribution is -2.10. The van der Waals surface area contributed by atoms with E-state index in [0.29, 0.717) is 12.5 Å². The number of para-hydroxylation sites is 1. The number of rotatable bonds is 2. The Morgan fingerprint density at radius 2 is 1.73 bits per heavy atom. The largest absolute Gasteiger partial charge is 0.470 e. The van der Waals surface area contributed by atoms with Gasteiger partial charge >= 0.3 is 0 Å². The van der Waals surface area contributed by atoms with Crippen LogP contribution < -0.4 is 4.74 Å². The molecule has 26 heavy (non-hydrogen) atoms. The second-order valence-corrected chi connectivity index (χ2v) is 6.33. The first kappa shape index (κ1) is 14.9. The van der Waals surface area contributed by atoms with Crippen molar-refractivity contribution in [2.45, 2.75) is 19.6 Å². The molecule has 128 valence electrons. The van der Waals surface area contributed by atoms with Crippen molar-refractivity contribution >= 4 is 0 Å². The lowest BCUT2D eigenvalue weighted by Gasteiger charge is -2.10. The van der Waals surface area contributed by atoms with Crippen molar-refractivity contribution in [3.05, 3.63) is 78.1 Å². The molecule has 1 aliphatic rings. The summed E-state index contributed by atoms with van der Waals surface area (Å²) in [5.74, 6) is 0.644. The summed E-state index contributed by atoms with van der Waals surface area (Å²) < 4.78 is 9.82. The fourth-order valence-electron chi connectivity index (χ4n) is 3.33. The molecule has 0 N–H and O–H groups in total. The molecular weight excluding hydrogens is 326 g/mol. The molecule has 2 aromatic carbocycles. The van der Waals surface area contributed by atoms with Crippen LogP contribution in [0.25, 0.3) is 16.9 Å². The number of hydrogen-bond donors (Lipinski definition) is 0. The molecule has 0 aliphatic carbocycles. The van der Waals surface area contributed by atoms with E-state index in [0.717, 1.165) is 28.2 Å². The Kier molecular flexibility index (Phi) is 3.35. The third kappa shape index (κ3) is 2.30. The van der Waals surface area contributed by atoms with Crippen molar-refractivity contribution in [2.75, 3.05) is 0 Å². The number of hydrogen-bond acceptors (Lipinski definition) is 4. The number of ether oxygens (including phenoxy) is 1. The summed E-state index contributed by atoms with van der Waals surface area (Å²) in [6.07, 6.45) is 2.01. The Bertz CT molecular complexity index is 1050. The molecule has 2 aromatic heterocycles. The van der Waals surface area contributed by atoms with Crippen LogP contribution in [0.5, 0.6) is 5.88 Å². The lowest BCUT2D eigenvalue weighted by molar-refractivity contribution is 0.288. The van der Waals surface area contributed by atoms with Gasteiger partial charge in [0.25, 0.3) is 0 Å². The van der Waals surface area contributed by atoms with Crippen molar-refractivity contribution < 1.29 is 4.74 Å². The SMILES string of the molecule is CC1c2cn(-c3ccccc3)nc2OCc2c(-c3ccccc3)nnn21. The van der Waals surface area contributed by atoms with Gasteiger partial charge in [-0.25, -0.2) is 9.36 Å². The van der Waals surface area contributed by atoms with E-state index in [-0.39, 0.29) is 6.04 Å². The van der Waals surface area contributed by atoms with Crippen molar-refractivity contribution in [3.63, 3.8) is 0 Å². The summed E-state index contributed by atoms with van der Waals surface area (Å²) in [5, 5.41) is 13.4. The highest BCUT2D eigenvalue weighted by molar-refractivity contribution is 5.61. The van der Waals surface area contributed by atoms with E-state index in [1.165, 1.54) is 0 Å². The quantitative estimate of drug-likeness (QED) is 0.558. The second-order valence-electron chi connectivity index (χ2n) is 6.33. The molecule has 0 spiro atoms. The monoisotopic (exact) mass is 343 g/mol. The van der Waals surface area contributed by atoms with Gasteiger partial charge in [0, 0.05) is 11.8 Å². The summed E-state index contributed by atoms with van der Waals surface area (Å²) in [6, 6.07) is 20.1. The average Bonchev–Trinajstić information content (AvgIpc) is 3.29. The Labute approximate surface area is 150 Å². The van der Waals surface area contributed by atoms with Gasteiger partial charge in [0.1, 0.15) is 18.0 Å². The van der Waals surface area contributed by atoms with Crippen LogP contribution >= 0.6 is 0 Å². The van der Waals surface area contributed by atoms with Crippen LogP contribution in [0.3, 0.4) is 0 Å². The summed E-state index contributed by atoms with van der Waals surface area (Å²) in [7, 11) is 0. The maximum Gasteiger partial charge on any atom is 0.239 e. The van der Waals surface area contributed by atoms with Crippen molar-refractivity contribution in [3.8, 4) is 22.8 Å². The van der Waals surface area contributed by atoms with Gasteiger partial charge in [0.2, 0.25) is 5.88 Å². The van der Waals surface area contributed by atoms with Gasteiger partial charge in [0.05, 0.1) is 17.3 Å². The van der Waals surface area contributed by atoms with Crippen LogP contribution in [-0.2, 0) is 6.61 Å². The zero-order chi connectivity index (χ0) is 17.5. The third-order valence-electron chi connectivity index (χ3n) is 4.73. The minimum Gasteiger partial charge on any atom is -0.470 e. The Morgan fingerprint density at radius 1 is 1.00 bits per heavy atom. The summed E-state index contributed by atoms with van der Waals surface area (Å²) in [4.78, 5) is 0. The molecule has 0 amide bonds. The second kappa shape index (κ2) is 5.84. The Morgan fingerprint density at radius 3 is 2.50 bits per heavy atom. The lowest BCUT2D eigenvalue weighted by atomic mass is 10.1. The maximum absolute atomic E-state index is 6.04. The molecule has 1 atom stereocenters. The zero-order valence-electron chi connectivity index (χ0n) is 14.3. The van der Waals surface area contributed by atoms with E-state index in [2.05, 4.69) is 22.3 Å². The van der Waals surface area contributed by atoms with Crippen molar-refractivity contribution in [1.82, 2.24) is 24.8 Å². The molecule has 0 fully saturated rings. The normalized spacial score (nSPS) is 15.7. The number of nitrogens with zero attached hydrogens (tertiary/aromatic N) is 5. The van der Waals surface area contributed by atoms with Crippen LogP contribution in [0.1, 0.15) is 24.2 Å². The van der Waals surface area contributed by atoms with Gasteiger partial charge in [-0.1, -0.05) is 53.7 Å². The molecule has 6 nitrogen and oxygen atoms in total. The van der Waals surface area contributed by atoms with E-state index < -0.39 is 0 Å². The topological polar surface area (TPSA) is 57.8 Å². The van der Waals surface area contributed by atoms with Gasteiger partial charge in [-0.3, -0.25) is 0 Å². The fraction of sp³-hybridized carbons (Fsp3) is 0.150. The predicted octanol–water partition coefficient (Wildman–Crippen LogP) is 3.63. The van der Waals surface area contributed by atoms with Gasteiger partial charge in [0.15, 0.2) is 0 Å². The zero-order valence-corrected chi connectivity index (χ0v) is 14.3. The van der Waals surface area contributed by atoms with Crippen LogP contribution in [0.4, 0.5) is 0 Å². The molecule has 3 heterocycles. The standard InChI is InChI=1S/C20H17N5O/c1-14-17-12-24(16-10-6-3-7-11-16)22-20(17)26-13-18-19(21-23-25(14)18)15-8-4-2-5-9-15/h2-12,14H,13H2,1H3. The number of benzene rings is 2. The highest BCUT2D eigenvalue weighted by atomic mass is 16.5. The fourth-order valence-corrected chi connectivity index (χ4v) is 3.33. The molecule has 0 bridgehead atoms. The third-order valence-corrected chi connectivity index (χ3v) is 4.73. The highest BCUT2D eigenvalue weighted by Gasteiger charge is 2.28. The maximum atomic E-state index is 6.04. The summed E-state index contributed by atoms with van der Waals surface area (Å²) in [5.41, 5.74) is 4.86. The van der Waals surface area contributed by atoms with E-state index in [9.17, 15) is 0 Å². The molecular formula is C20H17N5O. The first-order valence-corrected chi connectivity index (χ1v) is 8.58. The Balaban J connectivity index is 1.57. The first-order valence-electron chi connectivity index (χ1n) is 8.58. The molecule has 5 rings (SSSR count). The molecule has 0 saturated heterocycles. The van der Waals surface area contributed by atoms with Gasteiger partial charge < -0.3 is 4.74 Å². The number of fused-ring (bicyclic) bond motifs is 2. The van der Waals surface area contributed by atoms with Gasteiger partial charge in [-0.05, 0) is 19.1 Å². The molecule has 0 saturated carbocycles. The smallest absolute Gasteiger partial charge is 0.239 e.